The molecule has 0 spiro atoms. The van der Waals surface area contributed by atoms with Gasteiger partial charge in [-0.1, -0.05) is 72.8 Å². The molecule has 3 aromatic carbocycles. The van der Waals surface area contributed by atoms with Gasteiger partial charge in [-0.2, -0.15) is 5.10 Å². The van der Waals surface area contributed by atoms with Crippen LogP contribution in [0, 0.1) is 0 Å². The van der Waals surface area contributed by atoms with Crippen molar-refractivity contribution in [3.8, 4) is 11.1 Å². The summed E-state index contributed by atoms with van der Waals surface area (Å²) >= 11 is 0. The number of hydrogen-bond acceptors (Lipinski definition) is 3. The van der Waals surface area contributed by atoms with E-state index in [0.717, 1.165) is 38.5 Å². The number of para-hydroxylation sites is 1. The molecule has 5 nitrogen and oxygen atoms in total. The van der Waals surface area contributed by atoms with Gasteiger partial charge in [0.05, 0.1) is 17.9 Å². The Balaban J connectivity index is 1.31. The van der Waals surface area contributed by atoms with Crippen LogP contribution in [0.1, 0.15) is 16.1 Å². The van der Waals surface area contributed by atoms with Crippen LogP contribution in [0.4, 0.5) is 0 Å². The summed E-state index contributed by atoms with van der Waals surface area (Å²) in [6.45, 7) is 0. The molecule has 0 saturated carbocycles. The number of nitrogens with zero attached hydrogens (tertiary/aromatic N) is 2. The summed E-state index contributed by atoms with van der Waals surface area (Å²) in [6.07, 6.45) is 3.30. The fraction of sp³-hybridized carbons (Fsp3) is 0. The predicted molar refractivity (Wildman–Crippen MR) is 121 cm³/mol. The van der Waals surface area contributed by atoms with Crippen LogP contribution in [-0.2, 0) is 0 Å². The van der Waals surface area contributed by atoms with Gasteiger partial charge in [0.1, 0.15) is 5.69 Å². The first kappa shape index (κ1) is 17.8. The van der Waals surface area contributed by atoms with Crippen LogP contribution < -0.4 is 5.43 Å². The van der Waals surface area contributed by atoms with Crippen LogP contribution >= 0.6 is 0 Å². The molecule has 0 aliphatic rings. The number of pyridine rings is 1. The third-order valence-electron chi connectivity index (χ3n) is 5.02. The van der Waals surface area contributed by atoms with Gasteiger partial charge in [0, 0.05) is 16.3 Å². The molecule has 5 heteroatoms. The first-order valence-corrected chi connectivity index (χ1v) is 9.63. The lowest BCUT2D eigenvalue weighted by molar-refractivity contribution is 0.0950. The van der Waals surface area contributed by atoms with Crippen LogP contribution in [0.15, 0.2) is 96.2 Å². The normalized spacial score (nSPS) is 11.3. The molecule has 0 fully saturated rings. The van der Waals surface area contributed by atoms with Gasteiger partial charge >= 0.3 is 0 Å². The lowest BCUT2D eigenvalue weighted by atomic mass is 10.0. The topological polar surface area (TPSA) is 70.1 Å². The van der Waals surface area contributed by atoms with E-state index < -0.39 is 0 Å². The molecule has 2 aromatic heterocycles. The maximum Gasteiger partial charge on any atom is 0.289 e. The third-order valence-corrected chi connectivity index (χ3v) is 5.02. The molecule has 0 bridgehead atoms. The summed E-state index contributed by atoms with van der Waals surface area (Å²) in [5.41, 5.74) is 7.99. The van der Waals surface area contributed by atoms with Crippen molar-refractivity contribution in [1.29, 1.82) is 0 Å². The van der Waals surface area contributed by atoms with Crippen LogP contribution in [0.2, 0.25) is 0 Å². The molecule has 30 heavy (non-hydrogen) atoms. The van der Waals surface area contributed by atoms with E-state index in [4.69, 9.17) is 0 Å². The van der Waals surface area contributed by atoms with E-state index in [2.05, 4.69) is 32.6 Å². The van der Waals surface area contributed by atoms with Gasteiger partial charge in [0.2, 0.25) is 0 Å². The molecule has 2 heterocycles. The van der Waals surface area contributed by atoms with E-state index in [1.807, 2.05) is 66.7 Å². The SMILES string of the molecule is O=C(N/N=C/c1ccc(-c2ccccc2)cc1)c1cc2c(cn1)[nH]c1ccccc12. The number of amides is 1. The number of fused-ring (bicyclic) bond motifs is 3. The van der Waals surface area contributed by atoms with Crippen molar-refractivity contribution >= 4 is 33.9 Å². The molecule has 0 radical (unpaired) electrons. The number of hydrogen-bond donors (Lipinski definition) is 2. The van der Waals surface area contributed by atoms with Crippen LogP contribution in [0.5, 0.6) is 0 Å². The standard InChI is InChI=1S/C25H18N4O/c30-25(23-14-21-20-8-4-5-9-22(20)28-24(21)16-26-23)29-27-15-17-10-12-19(13-11-17)18-6-2-1-3-7-18/h1-16,28H,(H,29,30)/b27-15+. The Bertz CT molecular complexity index is 1370. The third kappa shape index (κ3) is 3.44. The first-order chi connectivity index (χ1) is 14.8. The number of aromatic nitrogens is 2. The minimum atomic E-state index is -0.348. The largest absolute Gasteiger partial charge is 0.353 e. The van der Waals surface area contributed by atoms with Gasteiger partial charge in [-0.05, 0) is 28.8 Å². The number of benzene rings is 3. The average Bonchev–Trinajstić information content (AvgIpc) is 3.18. The Labute approximate surface area is 173 Å². The van der Waals surface area contributed by atoms with E-state index in [9.17, 15) is 4.79 Å². The van der Waals surface area contributed by atoms with Crippen LogP contribution in [0.3, 0.4) is 0 Å². The van der Waals surface area contributed by atoms with Crippen molar-refractivity contribution in [3.63, 3.8) is 0 Å². The summed E-state index contributed by atoms with van der Waals surface area (Å²) < 4.78 is 0. The van der Waals surface area contributed by atoms with Gasteiger partial charge in [-0.3, -0.25) is 4.79 Å². The van der Waals surface area contributed by atoms with E-state index in [1.165, 1.54) is 0 Å². The highest BCUT2D eigenvalue weighted by molar-refractivity contribution is 6.09. The molecule has 0 aliphatic carbocycles. The fourth-order valence-electron chi connectivity index (χ4n) is 3.49. The Hall–Kier alpha value is -4.25. The van der Waals surface area contributed by atoms with Gasteiger partial charge in [-0.15, -0.1) is 0 Å². The highest BCUT2D eigenvalue weighted by atomic mass is 16.2. The second-order valence-electron chi connectivity index (χ2n) is 6.97. The van der Waals surface area contributed by atoms with E-state index >= 15 is 0 Å². The second kappa shape index (κ2) is 7.64. The van der Waals surface area contributed by atoms with Crippen molar-refractivity contribution in [2.75, 3.05) is 0 Å². The fourth-order valence-corrected chi connectivity index (χ4v) is 3.49. The zero-order valence-corrected chi connectivity index (χ0v) is 16.0. The summed E-state index contributed by atoms with van der Waals surface area (Å²) in [6, 6.07) is 27.9. The predicted octanol–water partition coefficient (Wildman–Crippen LogP) is 5.15. The van der Waals surface area contributed by atoms with Gasteiger partial charge in [-0.25, -0.2) is 10.4 Å². The van der Waals surface area contributed by atoms with E-state index in [0.29, 0.717) is 5.69 Å². The average molecular weight is 390 g/mol. The monoisotopic (exact) mass is 390 g/mol. The van der Waals surface area contributed by atoms with Crippen molar-refractivity contribution in [2.45, 2.75) is 0 Å². The van der Waals surface area contributed by atoms with Gasteiger partial charge < -0.3 is 4.98 Å². The summed E-state index contributed by atoms with van der Waals surface area (Å²) in [5, 5.41) is 6.10. The molecule has 5 rings (SSSR count). The number of hydrazone groups is 1. The maximum atomic E-state index is 12.5. The van der Waals surface area contributed by atoms with Gasteiger partial charge in [0.15, 0.2) is 0 Å². The van der Waals surface area contributed by atoms with Crippen molar-refractivity contribution < 1.29 is 4.79 Å². The number of rotatable bonds is 4. The van der Waals surface area contributed by atoms with Crippen molar-refractivity contribution in [3.05, 3.63) is 102 Å². The zero-order valence-electron chi connectivity index (χ0n) is 16.0. The Kier molecular flexibility index (Phi) is 4.54. The molecule has 0 unspecified atom stereocenters. The van der Waals surface area contributed by atoms with Crippen LogP contribution in [0.25, 0.3) is 32.9 Å². The molecular weight excluding hydrogens is 372 g/mol. The van der Waals surface area contributed by atoms with E-state index in [1.54, 1.807) is 18.5 Å². The molecule has 5 aromatic rings. The van der Waals surface area contributed by atoms with E-state index in [-0.39, 0.29) is 5.91 Å². The van der Waals surface area contributed by atoms with Crippen LogP contribution in [-0.4, -0.2) is 22.1 Å². The first-order valence-electron chi connectivity index (χ1n) is 9.63. The Morgan fingerprint density at radius 3 is 2.40 bits per heavy atom. The number of aromatic amines is 1. The van der Waals surface area contributed by atoms with Crippen molar-refractivity contribution in [1.82, 2.24) is 15.4 Å². The highest BCUT2D eigenvalue weighted by Gasteiger charge is 2.10. The smallest absolute Gasteiger partial charge is 0.289 e. The number of H-pyrrole nitrogens is 1. The molecular formula is C25H18N4O. The zero-order chi connectivity index (χ0) is 20.3. The Morgan fingerprint density at radius 1 is 0.833 bits per heavy atom. The summed E-state index contributed by atoms with van der Waals surface area (Å²) in [7, 11) is 0. The minimum Gasteiger partial charge on any atom is -0.353 e. The molecule has 144 valence electrons. The van der Waals surface area contributed by atoms with Gasteiger partial charge in [0.25, 0.3) is 5.91 Å². The number of nitrogens with one attached hydrogen (secondary N) is 2. The highest BCUT2D eigenvalue weighted by Crippen LogP contribution is 2.25. The molecule has 2 N–H and O–H groups in total. The molecule has 0 saturated heterocycles. The maximum absolute atomic E-state index is 12.5. The Morgan fingerprint density at radius 2 is 1.57 bits per heavy atom. The minimum absolute atomic E-state index is 0.323. The quantitative estimate of drug-likeness (QED) is 0.329. The van der Waals surface area contributed by atoms with Crippen molar-refractivity contribution in [2.24, 2.45) is 5.10 Å². The summed E-state index contributed by atoms with van der Waals surface area (Å²) in [5.74, 6) is -0.348. The lowest BCUT2D eigenvalue weighted by Crippen LogP contribution is -2.18. The second-order valence-corrected chi connectivity index (χ2v) is 6.97. The molecule has 0 aliphatic heterocycles. The molecule has 0 atom stereocenters. The summed E-state index contributed by atoms with van der Waals surface area (Å²) in [4.78, 5) is 20.0. The number of carbonyl (C=O) groups is 1. The number of carbonyl (C=O) groups excluding carboxylic acids is 1. The molecule has 1 amide bonds. The lowest BCUT2D eigenvalue weighted by Gasteiger charge is -2.02.